The summed E-state index contributed by atoms with van der Waals surface area (Å²) in [7, 11) is 0. The number of ether oxygens (including phenoxy) is 1. The number of amides is 1. The monoisotopic (exact) mass is 382 g/mol. The molecule has 1 saturated carbocycles. The Morgan fingerprint density at radius 1 is 1.35 bits per heavy atom. The summed E-state index contributed by atoms with van der Waals surface area (Å²) < 4.78 is 32.8. The smallest absolute Gasteiger partial charge is 0.326 e. The molecule has 1 aliphatic rings. The molecule has 0 N–H and O–H groups in total. The summed E-state index contributed by atoms with van der Waals surface area (Å²) in [4.78, 5) is 30.5. The molecule has 8 heteroatoms. The average molecular weight is 382 g/mol. The molecule has 140 valence electrons. The van der Waals surface area contributed by atoms with Crippen molar-refractivity contribution in [2.24, 2.45) is 5.92 Å². The van der Waals surface area contributed by atoms with Crippen molar-refractivity contribution in [3.05, 3.63) is 23.7 Å². The van der Waals surface area contributed by atoms with E-state index in [2.05, 4.69) is 4.98 Å². The number of halogens is 2. The highest BCUT2D eigenvalue weighted by atomic mass is 32.1. The number of nitrogens with zero attached hydrogens (tertiary/aromatic N) is 2. The van der Waals surface area contributed by atoms with Crippen LogP contribution >= 0.6 is 11.3 Å². The number of hydrogen-bond acceptors (Lipinski definition) is 5. The minimum absolute atomic E-state index is 0.115. The zero-order valence-electron chi connectivity index (χ0n) is 14.4. The molecular weight excluding hydrogens is 362 g/mol. The number of fused-ring (bicyclic) bond motifs is 1. The van der Waals surface area contributed by atoms with Gasteiger partial charge in [-0.15, -0.1) is 11.3 Å². The lowest BCUT2D eigenvalue weighted by Crippen LogP contribution is -2.42. The van der Waals surface area contributed by atoms with E-state index in [9.17, 15) is 18.4 Å². The first kappa shape index (κ1) is 18.7. The zero-order chi connectivity index (χ0) is 18.7. The van der Waals surface area contributed by atoms with E-state index in [0.717, 1.165) is 10.2 Å². The highest BCUT2D eigenvalue weighted by molar-refractivity contribution is 7.16. The van der Waals surface area contributed by atoms with Crippen molar-refractivity contribution in [1.82, 2.24) is 4.98 Å². The van der Waals surface area contributed by atoms with Crippen molar-refractivity contribution in [3.63, 3.8) is 0 Å². The molecule has 0 atom stereocenters. The van der Waals surface area contributed by atoms with Crippen molar-refractivity contribution in [1.29, 1.82) is 0 Å². The predicted molar refractivity (Wildman–Crippen MR) is 95.5 cm³/mol. The molecule has 3 rings (SSSR count). The summed E-state index contributed by atoms with van der Waals surface area (Å²) in [5.41, 5.74) is 2.96. The van der Waals surface area contributed by atoms with Gasteiger partial charge in [0.25, 0.3) is 0 Å². The molecule has 1 aliphatic carbocycles. The van der Waals surface area contributed by atoms with E-state index < -0.39 is 17.8 Å². The van der Waals surface area contributed by atoms with E-state index in [1.54, 1.807) is 24.6 Å². The molecule has 0 unspecified atom stereocenters. The largest absolute Gasteiger partial charge is 0.465 e. The second-order valence-corrected chi connectivity index (χ2v) is 7.25. The molecule has 0 aliphatic heterocycles. The Morgan fingerprint density at radius 3 is 2.77 bits per heavy atom. The van der Waals surface area contributed by atoms with E-state index in [4.69, 9.17) is 4.74 Å². The number of rotatable bonds is 5. The van der Waals surface area contributed by atoms with E-state index in [-0.39, 0.29) is 44.7 Å². The maximum atomic E-state index is 13.4. The zero-order valence-corrected chi connectivity index (χ0v) is 15.2. The molecule has 1 fully saturated rings. The molecule has 5 nitrogen and oxygen atoms in total. The lowest BCUT2D eigenvalue weighted by molar-refractivity contribution is -0.143. The number of esters is 1. The van der Waals surface area contributed by atoms with Gasteiger partial charge >= 0.3 is 5.97 Å². The highest BCUT2D eigenvalue weighted by Gasteiger charge is 2.39. The molecule has 1 aromatic carbocycles. The van der Waals surface area contributed by atoms with Gasteiger partial charge in [0.05, 0.1) is 22.3 Å². The number of aromatic nitrogens is 1. The Hall–Kier alpha value is -2.09. The molecule has 1 aromatic heterocycles. The summed E-state index contributed by atoms with van der Waals surface area (Å²) in [5, 5.41) is 0. The SMILES string of the molecule is CCOC(=O)CN(C(=O)C1CCC(F)(F)CC1)c1ccc2scnc2c1. The van der Waals surface area contributed by atoms with Crippen LogP contribution in [0.4, 0.5) is 14.5 Å². The van der Waals surface area contributed by atoms with E-state index in [0.29, 0.717) is 5.69 Å². The van der Waals surface area contributed by atoms with Crippen LogP contribution in [0.3, 0.4) is 0 Å². The molecule has 26 heavy (non-hydrogen) atoms. The van der Waals surface area contributed by atoms with Crippen LogP contribution in [-0.4, -0.2) is 35.9 Å². The van der Waals surface area contributed by atoms with Gasteiger partial charge in [-0.3, -0.25) is 9.59 Å². The molecule has 0 spiro atoms. The van der Waals surface area contributed by atoms with Crippen LogP contribution in [0.15, 0.2) is 23.7 Å². The third kappa shape index (κ3) is 4.17. The minimum atomic E-state index is -2.71. The van der Waals surface area contributed by atoms with Gasteiger partial charge in [-0.2, -0.15) is 0 Å². The fraction of sp³-hybridized carbons (Fsp3) is 0.500. The molecule has 0 bridgehead atoms. The van der Waals surface area contributed by atoms with Gasteiger partial charge in [-0.25, -0.2) is 13.8 Å². The minimum Gasteiger partial charge on any atom is -0.465 e. The van der Waals surface area contributed by atoms with Gasteiger partial charge < -0.3 is 9.64 Å². The van der Waals surface area contributed by atoms with Gasteiger partial charge in [0, 0.05) is 24.4 Å². The molecule has 2 aromatic rings. The van der Waals surface area contributed by atoms with E-state index >= 15 is 0 Å². The summed E-state index contributed by atoms with van der Waals surface area (Å²) in [6.45, 7) is 1.66. The van der Waals surface area contributed by atoms with Crippen LogP contribution in [0.5, 0.6) is 0 Å². The summed E-state index contributed by atoms with van der Waals surface area (Å²) in [6.07, 6.45) is -0.377. The maximum Gasteiger partial charge on any atom is 0.326 e. The third-order valence-electron chi connectivity index (χ3n) is 4.55. The van der Waals surface area contributed by atoms with Crippen LogP contribution in [0.1, 0.15) is 32.6 Å². The molecular formula is C18H20F2N2O3S. The number of carbonyl (C=O) groups excluding carboxylic acids is 2. The lowest BCUT2D eigenvalue weighted by atomic mass is 9.85. The van der Waals surface area contributed by atoms with Crippen molar-refractivity contribution >= 4 is 39.1 Å². The number of alkyl halides is 2. The number of hydrogen-bond donors (Lipinski definition) is 0. The maximum absolute atomic E-state index is 13.4. The van der Waals surface area contributed by atoms with Crippen LogP contribution in [0.2, 0.25) is 0 Å². The third-order valence-corrected chi connectivity index (χ3v) is 5.36. The predicted octanol–water partition coefficient (Wildman–Crippen LogP) is 4.02. The first-order valence-corrected chi connectivity index (χ1v) is 9.45. The van der Waals surface area contributed by atoms with E-state index in [1.807, 2.05) is 6.07 Å². The lowest BCUT2D eigenvalue weighted by Gasteiger charge is -2.31. The van der Waals surface area contributed by atoms with Crippen molar-refractivity contribution in [3.8, 4) is 0 Å². The van der Waals surface area contributed by atoms with Crippen LogP contribution in [0.25, 0.3) is 10.2 Å². The number of benzene rings is 1. The summed E-state index contributed by atoms with van der Waals surface area (Å²) in [6, 6.07) is 5.32. The van der Waals surface area contributed by atoms with E-state index in [1.165, 1.54) is 16.2 Å². The van der Waals surface area contributed by atoms with Crippen LogP contribution in [-0.2, 0) is 14.3 Å². The van der Waals surface area contributed by atoms with Crippen molar-refractivity contribution < 1.29 is 23.1 Å². The van der Waals surface area contributed by atoms with Gasteiger partial charge in [-0.1, -0.05) is 0 Å². The average Bonchev–Trinajstić information content (AvgIpc) is 3.07. The van der Waals surface area contributed by atoms with Gasteiger partial charge in [0.2, 0.25) is 11.8 Å². The summed E-state index contributed by atoms with van der Waals surface area (Å²) >= 11 is 1.48. The molecule has 0 radical (unpaired) electrons. The second-order valence-electron chi connectivity index (χ2n) is 6.36. The van der Waals surface area contributed by atoms with Crippen molar-refractivity contribution in [2.45, 2.75) is 38.5 Å². The number of carbonyl (C=O) groups is 2. The number of anilines is 1. The first-order valence-electron chi connectivity index (χ1n) is 8.58. The number of thiazole rings is 1. The van der Waals surface area contributed by atoms with Crippen LogP contribution < -0.4 is 4.90 Å². The highest BCUT2D eigenvalue weighted by Crippen LogP contribution is 2.37. The Labute approximate surface area is 154 Å². The first-order chi connectivity index (χ1) is 12.4. The van der Waals surface area contributed by atoms with Gasteiger partial charge in [0.15, 0.2) is 0 Å². The Balaban J connectivity index is 1.84. The Kier molecular flexibility index (Phi) is 5.50. The fourth-order valence-corrected chi connectivity index (χ4v) is 3.81. The van der Waals surface area contributed by atoms with Gasteiger partial charge in [0.1, 0.15) is 6.54 Å². The van der Waals surface area contributed by atoms with Gasteiger partial charge in [-0.05, 0) is 38.0 Å². The quantitative estimate of drug-likeness (QED) is 0.733. The fourth-order valence-electron chi connectivity index (χ4n) is 3.15. The molecule has 0 saturated heterocycles. The Morgan fingerprint density at radius 2 is 2.08 bits per heavy atom. The standard InChI is InChI=1S/C18H20F2N2O3S/c1-2-25-16(23)10-22(13-3-4-15-14(9-13)21-11-26-15)17(24)12-5-7-18(19,20)8-6-12/h3-4,9,11-12H,2,5-8,10H2,1H3. The van der Waals surface area contributed by atoms with Crippen LogP contribution in [0, 0.1) is 5.92 Å². The molecule has 1 amide bonds. The Bertz CT molecular complexity index is 799. The second kappa shape index (κ2) is 7.65. The molecule has 1 heterocycles. The van der Waals surface area contributed by atoms with Crippen molar-refractivity contribution in [2.75, 3.05) is 18.1 Å². The topological polar surface area (TPSA) is 59.5 Å². The normalized spacial score (nSPS) is 17.2. The summed E-state index contributed by atoms with van der Waals surface area (Å²) in [5.74, 6) is -4.07.